The van der Waals surface area contributed by atoms with Crippen molar-refractivity contribution in [3.63, 3.8) is 0 Å². The standard InChI is InChI=1S/C19H18N2O4S/c1-24-16-9-5-8-14(15-10-17(21-20-15)26-12-18(22)23)19(16)25-11-13-6-3-2-4-7-13/h2-9H,10-12H2,1H3,(H,22,23). The first-order chi connectivity index (χ1) is 12.7. The molecule has 0 saturated heterocycles. The third-order valence-electron chi connectivity index (χ3n) is 3.70. The highest BCUT2D eigenvalue weighted by Gasteiger charge is 2.21. The minimum atomic E-state index is -0.876. The molecule has 1 aliphatic rings. The van der Waals surface area contributed by atoms with Crippen LogP contribution in [0.25, 0.3) is 0 Å². The summed E-state index contributed by atoms with van der Waals surface area (Å²) in [6.45, 7) is 0.406. The molecule has 0 bridgehead atoms. The van der Waals surface area contributed by atoms with Crippen molar-refractivity contribution in [2.45, 2.75) is 13.0 Å². The molecule has 0 aliphatic carbocycles. The summed E-state index contributed by atoms with van der Waals surface area (Å²) in [6, 6.07) is 15.5. The van der Waals surface area contributed by atoms with Crippen LogP contribution < -0.4 is 9.47 Å². The van der Waals surface area contributed by atoms with Crippen molar-refractivity contribution in [3.8, 4) is 11.5 Å². The quantitative estimate of drug-likeness (QED) is 0.805. The van der Waals surface area contributed by atoms with Gasteiger partial charge < -0.3 is 14.6 Å². The molecular formula is C19H18N2O4S. The van der Waals surface area contributed by atoms with E-state index in [4.69, 9.17) is 14.6 Å². The van der Waals surface area contributed by atoms with Crippen molar-refractivity contribution in [3.05, 3.63) is 59.7 Å². The highest BCUT2D eigenvalue weighted by molar-refractivity contribution is 8.14. The van der Waals surface area contributed by atoms with E-state index >= 15 is 0 Å². The second-order valence-corrected chi connectivity index (χ2v) is 6.56. The first-order valence-corrected chi connectivity index (χ1v) is 8.98. The summed E-state index contributed by atoms with van der Waals surface area (Å²) in [5.74, 6) is 0.321. The lowest BCUT2D eigenvalue weighted by Gasteiger charge is -2.15. The fourth-order valence-corrected chi connectivity index (χ4v) is 3.11. The minimum Gasteiger partial charge on any atom is -0.493 e. The highest BCUT2D eigenvalue weighted by atomic mass is 32.2. The van der Waals surface area contributed by atoms with Crippen LogP contribution in [0, 0.1) is 0 Å². The number of hydrogen-bond acceptors (Lipinski definition) is 6. The Labute approximate surface area is 155 Å². The van der Waals surface area contributed by atoms with Gasteiger partial charge in [-0.25, -0.2) is 0 Å². The van der Waals surface area contributed by atoms with E-state index in [0.29, 0.717) is 29.6 Å². The molecule has 3 rings (SSSR count). The van der Waals surface area contributed by atoms with Gasteiger partial charge in [0.15, 0.2) is 11.5 Å². The lowest BCUT2D eigenvalue weighted by atomic mass is 10.1. The lowest BCUT2D eigenvalue weighted by Crippen LogP contribution is -2.08. The molecule has 1 N–H and O–H groups in total. The van der Waals surface area contributed by atoms with E-state index in [9.17, 15) is 4.79 Å². The van der Waals surface area contributed by atoms with Gasteiger partial charge >= 0.3 is 5.97 Å². The zero-order valence-electron chi connectivity index (χ0n) is 14.2. The highest BCUT2D eigenvalue weighted by Crippen LogP contribution is 2.34. The number of methoxy groups -OCH3 is 1. The van der Waals surface area contributed by atoms with Crippen molar-refractivity contribution >= 4 is 28.5 Å². The number of carboxylic acid groups (broad SMARTS) is 1. The van der Waals surface area contributed by atoms with Crippen LogP contribution in [0.3, 0.4) is 0 Å². The second kappa shape index (κ2) is 8.53. The van der Waals surface area contributed by atoms with Gasteiger partial charge in [0.25, 0.3) is 0 Å². The summed E-state index contributed by atoms with van der Waals surface area (Å²) >= 11 is 1.18. The zero-order chi connectivity index (χ0) is 18.4. The zero-order valence-corrected chi connectivity index (χ0v) is 15.0. The topological polar surface area (TPSA) is 80.5 Å². The average Bonchev–Trinajstić information content (AvgIpc) is 3.14. The van der Waals surface area contributed by atoms with Crippen molar-refractivity contribution in [2.75, 3.05) is 12.9 Å². The largest absolute Gasteiger partial charge is 0.493 e. The Morgan fingerprint density at radius 1 is 1.15 bits per heavy atom. The van der Waals surface area contributed by atoms with E-state index < -0.39 is 5.97 Å². The maximum atomic E-state index is 10.7. The fraction of sp³-hybridized carbons (Fsp3) is 0.211. The number of nitrogens with zero attached hydrogens (tertiary/aromatic N) is 2. The van der Waals surface area contributed by atoms with Gasteiger partial charge in [0.2, 0.25) is 0 Å². The first-order valence-electron chi connectivity index (χ1n) is 7.99. The number of para-hydroxylation sites is 1. The summed E-state index contributed by atoms with van der Waals surface area (Å²) in [5, 5.41) is 17.8. The number of hydrogen-bond donors (Lipinski definition) is 1. The fourth-order valence-electron chi connectivity index (χ4n) is 2.49. The van der Waals surface area contributed by atoms with Crippen LogP contribution >= 0.6 is 11.8 Å². The third kappa shape index (κ3) is 4.43. The molecule has 2 aromatic carbocycles. The number of carboxylic acids is 1. The Balaban J connectivity index is 1.76. The van der Waals surface area contributed by atoms with E-state index in [2.05, 4.69) is 10.2 Å². The number of ether oxygens (including phenoxy) is 2. The number of thioether (sulfide) groups is 1. The van der Waals surface area contributed by atoms with Gasteiger partial charge in [0.05, 0.1) is 18.6 Å². The number of carbonyl (C=O) groups is 1. The van der Waals surface area contributed by atoms with Crippen molar-refractivity contribution in [1.82, 2.24) is 0 Å². The molecule has 0 fully saturated rings. The molecule has 0 aromatic heterocycles. The normalized spacial score (nSPS) is 13.1. The van der Waals surface area contributed by atoms with Crippen molar-refractivity contribution in [2.24, 2.45) is 10.2 Å². The van der Waals surface area contributed by atoms with Crippen LogP contribution in [0.15, 0.2) is 58.7 Å². The predicted molar refractivity (Wildman–Crippen MR) is 102 cm³/mol. The summed E-state index contributed by atoms with van der Waals surface area (Å²) in [6.07, 6.45) is 0.479. The van der Waals surface area contributed by atoms with Gasteiger partial charge in [-0.05, 0) is 17.7 Å². The van der Waals surface area contributed by atoms with Gasteiger partial charge in [0.1, 0.15) is 11.7 Å². The van der Waals surface area contributed by atoms with Crippen molar-refractivity contribution < 1.29 is 19.4 Å². The summed E-state index contributed by atoms with van der Waals surface area (Å²) in [4.78, 5) is 10.7. The maximum Gasteiger partial charge on any atom is 0.313 e. The average molecular weight is 370 g/mol. The van der Waals surface area contributed by atoms with Gasteiger partial charge in [-0.1, -0.05) is 48.2 Å². The molecule has 1 aliphatic heterocycles. The molecule has 134 valence electrons. The molecule has 0 atom stereocenters. The molecule has 0 unspecified atom stereocenters. The first kappa shape index (κ1) is 18.0. The molecule has 7 heteroatoms. The Bertz CT molecular complexity index is 850. The van der Waals surface area contributed by atoms with E-state index in [1.807, 2.05) is 48.5 Å². The van der Waals surface area contributed by atoms with E-state index in [0.717, 1.165) is 16.8 Å². The Hall–Kier alpha value is -2.80. The molecule has 2 aromatic rings. The third-order valence-corrected chi connectivity index (χ3v) is 4.65. The van der Waals surface area contributed by atoms with E-state index in [1.165, 1.54) is 11.8 Å². The molecule has 0 amide bonds. The van der Waals surface area contributed by atoms with Gasteiger partial charge in [-0.2, -0.15) is 5.10 Å². The molecule has 0 saturated carbocycles. The van der Waals surface area contributed by atoms with Crippen molar-refractivity contribution in [1.29, 1.82) is 0 Å². The number of benzene rings is 2. The van der Waals surface area contributed by atoms with Gasteiger partial charge in [0, 0.05) is 12.0 Å². The van der Waals surface area contributed by atoms with Gasteiger partial charge in [-0.3, -0.25) is 4.79 Å². The van der Waals surface area contributed by atoms with Crippen LogP contribution in [0.4, 0.5) is 0 Å². The maximum absolute atomic E-state index is 10.7. The monoisotopic (exact) mass is 370 g/mol. The second-order valence-electron chi connectivity index (χ2n) is 5.51. The van der Waals surface area contributed by atoms with Crippen LogP contribution in [-0.4, -0.2) is 34.7 Å². The predicted octanol–water partition coefficient (Wildman–Crippen LogP) is 3.60. The number of rotatable bonds is 7. The summed E-state index contributed by atoms with van der Waals surface area (Å²) in [7, 11) is 1.59. The van der Waals surface area contributed by atoms with Crippen LogP contribution in [0.1, 0.15) is 17.5 Å². The molecule has 6 nitrogen and oxygen atoms in total. The number of aliphatic carboxylic acids is 1. The Kier molecular flexibility index (Phi) is 5.91. The van der Waals surface area contributed by atoms with Crippen LogP contribution in [0.5, 0.6) is 11.5 Å². The molecule has 0 spiro atoms. The lowest BCUT2D eigenvalue weighted by molar-refractivity contribution is -0.133. The van der Waals surface area contributed by atoms with E-state index in [1.54, 1.807) is 7.11 Å². The Morgan fingerprint density at radius 2 is 1.96 bits per heavy atom. The smallest absolute Gasteiger partial charge is 0.313 e. The van der Waals surface area contributed by atoms with Crippen LogP contribution in [-0.2, 0) is 11.4 Å². The molecular weight excluding hydrogens is 352 g/mol. The van der Waals surface area contributed by atoms with E-state index in [-0.39, 0.29) is 5.75 Å². The molecule has 0 radical (unpaired) electrons. The summed E-state index contributed by atoms with van der Waals surface area (Å²) in [5.41, 5.74) is 2.58. The molecule has 26 heavy (non-hydrogen) atoms. The minimum absolute atomic E-state index is 0.0306. The Morgan fingerprint density at radius 3 is 2.69 bits per heavy atom. The van der Waals surface area contributed by atoms with Crippen LogP contribution in [0.2, 0.25) is 0 Å². The van der Waals surface area contributed by atoms with Gasteiger partial charge in [-0.15, -0.1) is 5.10 Å². The molecule has 1 heterocycles. The summed E-state index contributed by atoms with van der Waals surface area (Å²) < 4.78 is 11.5. The SMILES string of the molecule is COc1cccc(C2=NN=C(SCC(=O)O)C2)c1OCc1ccccc1.